The molecule has 1 aromatic heterocycles. The molecule has 0 saturated heterocycles. The zero-order valence-corrected chi connectivity index (χ0v) is 11.9. The summed E-state index contributed by atoms with van der Waals surface area (Å²) in [5, 5.41) is 16.5. The topological polar surface area (TPSA) is 134 Å². The number of carboxylic acids is 1. The molecule has 1 amide bonds. The lowest BCUT2D eigenvalue weighted by Crippen LogP contribution is -2.31. The summed E-state index contributed by atoms with van der Waals surface area (Å²) in [5.74, 6) is -1.05. The van der Waals surface area contributed by atoms with Gasteiger partial charge in [0.15, 0.2) is 5.69 Å². The quantitative estimate of drug-likeness (QED) is 0.528. The number of rotatable bonds is 5. The van der Waals surface area contributed by atoms with E-state index in [1.807, 2.05) is 12.2 Å². The van der Waals surface area contributed by atoms with E-state index < -0.39 is 11.9 Å². The smallest absolute Gasteiger partial charge is 0.325 e. The van der Waals surface area contributed by atoms with Crippen LogP contribution in [0.4, 0.5) is 5.69 Å². The number of carbonyl (C=O) groups is 2. The molecular weight excluding hydrogens is 300 g/mol. The van der Waals surface area contributed by atoms with Crippen molar-refractivity contribution in [2.75, 3.05) is 5.32 Å². The molecule has 0 fully saturated rings. The summed E-state index contributed by atoms with van der Waals surface area (Å²) >= 11 is 0. The molecule has 0 atom stereocenters. The van der Waals surface area contributed by atoms with Gasteiger partial charge in [-0.15, -0.1) is 0 Å². The van der Waals surface area contributed by atoms with Crippen molar-refractivity contribution >= 4 is 28.5 Å². The van der Waals surface area contributed by atoms with Crippen LogP contribution in [0.25, 0.3) is 10.9 Å². The fourth-order valence-corrected chi connectivity index (χ4v) is 2.27. The molecule has 2 heterocycles. The Hall–Kier alpha value is -3.49. The zero-order valence-electron chi connectivity index (χ0n) is 11.9. The first kappa shape index (κ1) is 14.4. The molecule has 9 heteroatoms. The van der Waals surface area contributed by atoms with Gasteiger partial charge in [0.2, 0.25) is 0 Å². The number of nitrogens with one attached hydrogen (secondary N) is 3. The average molecular weight is 314 g/mol. The maximum Gasteiger partial charge on any atom is 0.325 e. The Morgan fingerprint density at radius 2 is 2.22 bits per heavy atom. The van der Waals surface area contributed by atoms with Gasteiger partial charge in [-0.25, -0.2) is 0 Å². The van der Waals surface area contributed by atoms with Gasteiger partial charge in [0.05, 0.1) is 5.52 Å². The molecule has 23 heavy (non-hydrogen) atoms. The van der Waals surface area contributed by atoms with Gasteiger partial charge in [0, 0.05) is 17.3 Å². The van der Waals surface area contributed by atoms with Gasteiger partial charge >= 0.3 is 5.97 Å². The van der Waals surface area contributed by atoms with Crippen LogP contribution in [0.3, 0.4) is 0 Å². The van der Waals surface area contributed by atoms with Crippen molar-refractivity contribution in [3.63, 3.8) is 0 Å². The van der Waals surface area contributed by atoms with E-state index in [2.05, 4.69) is 21.3 Å². The summed E-state index contributed by atoms with van der Waals surface area (Å²) in [5.41, 5.74) is 12.3. The van der Waals surface area contributed by atoms with Crippen molar-refractivity contribution in [3.8, 4) is 0 Å². The predicted octanol–water partition coefficient (Wildman–Crippen LogP) is 0.0946. The van der Waals surface area contributed by atoms with Crippen molar-refractivity contribution in [2.45, 2.75) is 6.54 Å². The number of aliphatic carboxylic acids is 1. The van der Waals surface area contributed by atoms with Crippen molar-refractivity contribution in [1.82, 2.24) is 20.6 Å². The summed E-state index contributed by atoms with van der Waals surface area (Å²) in [7, 11) is 0. The van der Waals surface area contributed by atoms with Gasteiger partial charge in [-0.1, -0.05) is 0 Å². The fraction of sp³-hybridized carbons (Fsp3) is 0.0714. The third kappa shape index (κ3) is 2.93. The highest BCUT2D eigenvalue weighted by Gasteiger charge is 2.17. The normalized spacial score (nSPS) is 13.1. The number of primary amides is 1. The molecule has 3 rings (SSSR count). The summed E-state index contributed by atoms with van der Waals surface area (Å²) < 4.78 is 1.24. The molecule has 9 nitrogen and oxygen atoms in total. The van der Waals surface area contributed by atoms with Crippen LogP contribution in [-0.4, -0.2) is 26.8 Å². The number of carbonyl (C=O) groups excluding carboxylic acids is 1. The van der Waals surface area contributed by atoms with Crippen LogP contribution in [-0.2, 0) is 11.3 Å². The minimum Gasteiger partial charge on any atom is -0.480 e. The highest BCUT2D eigenvalue weighted by molar-refractivity contribution is 6.05. The van der Waals surface area contributed by atoms with Crippen LogP contribution in [0, 0.1) is 0 Å². The third-order valence-electron chi connectivity index (χ3n) is 3.20. The number of hydrogen-bond acceptors (Lipinski definition) is 6. The summed E-state index contributed by atoms with van der Waals surface area (Å²) in [6.07, 6.45) is 5.37. The number of hydrogen-bond donors (Lipinski definition) is 5. The number of aromatic nitrogens is 2. The summed E-state index contributed by atoms with van der Waals surface area (Å²) in [6.45, 7) is -0.349. The molecule has 0 bridgehead atoms. The maximum atomic E-state index is 11.6. The molecule has 0 spiro atoms. The van der Waals surface area contributed by atoms with E-state index >= 15 is 0 Å². The van der Waals surface area contributed by atoms with E-state index in [-0.39, 0.29) is 12.2 Å². The van der Waals surface area contributed by atoms with Gasteiger partial charge < -0.3 is 21.6 Å². The second kappa shape index (κ2) is 5.72. The molecule has 1 aliphatic rings. The number of amides is 1. The van der Waals surface area contributed by atoms with Crippen LogP contribution < -0.4 is 21.9 Å². The molecule has 0 unspecified atom stereocenters. The molecule has 2 aromatic rings. The zero-order chi connectivity index (χ0) is 16.4. The minimum absolute atomic E-state index is 0.0357. The maximum absolute atomic E-state index is 11.6. The predicted molar refractivity (Wildman–Crippen MR) is 83.0 cm³/mol. The van der Waals surface area contributed by atoms with E-state index in [0.717, 1.165) is 0 Å². The van der Waals surface area contributed by atoms with Gasteiger partial charge in [-0.3, -0.25) is 19.7 Å². The highest BCUT2D eigenvalue weighted by atomic mass is 16.4. The number of allylic oxidation sites excluding steroid dienone is 2. The molecule has 0 saturated carbocycles. The van der Waals surface area contributed by atoms with Crippen molar-refractivity contribution in [1.29, 1.82) is 0 Å². The molecular formula is C14H14N6O3. The first-order valence-electron chi connectivity index (χ1n) is 6.72. The monoisotopic (exact) mass is 314 g/mol. The molecule has 1 aromatic carbocycles. The van der Waals surface area contributed by atoms with E-state index in [4.69, 9.17) is 10.8 Å². The second-order valence-electron chi connectivity index (χ2n) is 4.83. The van der Waals surface area contributed by atoms with Gasteiger partial charge in [0.25, 0.3) is 5.91 Å². The van der Waals surface area contributed by atoms with Crippen molar-refractivity contribution in [2.24, 2.45) is 5.73 Å². The number of hydrazine groups is 1. The first-order chi connectivity index (χ1) is 11.0. The number of anilines is 1. The lowest BCUT2D eigenvalue weighted by Gasteiger charge is -2.15. The van der Waals surface area contributed by atoms with Crippen LogP contribution in [0.2, 0.25) is 0 Å². The fourth-order valence-electron chi connectivity index (χ4n) is 2.27. The van der Waals surface area contributed by atoms with Crippen LogP contribution in [0.5, 0.6) is 0 Å². The van der Waals surface area contributed by atoms with Crippen molar-refractivity contribution < 1.29 is 14.7 Å². The number of fused-ring (bicyclic) bond motifs is 1. The largest absolute Gasteiger partial charge is 0.480 e. The summed E-state index contributed by atoms with van der Waals surface area (Å²) in [4.78, 5) is 22.5. The van der Waals surface area contributed by atoms with Crippen LogP contribution in [0.15, 0.2) is 42.4 Å². The Labute approximate surface area is 130 Å². The second-order valence-corrected chi connectivity index (χ2v) is 4.83. The molecule has 0 aliphatic carbocycles. The van der Waals surface area contributed by atoms with Crippen molar-refractivity contribution in [3.05, 3.63) is 48.1 Å². The Kier molecular flexibility index (Phi) is 3.59. The number of nitrogens with two attached hydrogens (primary N) is 1. The number of nitrogens with zero attached hydrogens (tertiary/aromatic N) is 2. The van der Waals surface area contributed by atoms with Gasteiger partial charge in [0.1, 0.15) is 12.4 Å². The lowest BCUT2D eigenvalue weighted by molar-refractivity contribution is -0.137. The Bertz CT molecular complexity index is 852. The standard InChI is InChI=1S/C14H14N6O3/c15-14(23)13-9-6-8(17-11-2-1-5-16-18-11)3-4-10(9)20(19-13)7-12(21)22/h1-6,16-18H,7H2,(H2,15,23)(H,21,22). The Morgan fingerprint density at radius 1 is 1.39 bits per heavy atom. The lowest BCUT2D eigenvalue weighted by atomic mass is 10.2. The molecule has 1 aliphatic heterocycles. The molecule has 0 radical (unpaired) electrons. The molecule has 118 valence electrons. The summed E-state index contributed by atoms with van der Waals surface area (Å²) in [6, 6.07) is 5.14. The third-order valence-corrected chi connectivity index (χ3v) is 3.20. The van der Waals surface area contributed by atoms with E-state index in [9.17, 15) is 9.59 Å². The first-order valence-corrected chi connectivity index (χ1v) is 6.72. The van der Waals surface area contributed by atoms with Crippen LogP contribution >= 0.6 is 0 Å². The number of benzene rings is 1. The van der Waals surface area contributed by atoms with Gasteiger partial charge in [-0.2, -0.15) is 5.10 Å². The molecule has 6 N–H and O–H groups in total. The highest BCUT2D eigenvalue weighted by Crippen LogP contribution is 2.23. The Morgan fingerprint density at radius 3 is 2.87 bits per heavy atom. The minimum atomic E-state index is -1.05. The SMILES string of the molecule is NC(=O)c1nn(CC(=O)O)c2ccc(NC3=CC=CNN3)cc12. The number of carboxylic acid groups (broad SMARTS) is 1. The van der Waals surface area contributed by atoms with Gasteiger partial charge in [-0.05, 0) is 30.4 Å². The van der Waals surface area contributed by atoms with Crippen LogP contribution in [0.1, 0.15) is 10.5 Å². The van der Waals surface area contributed by atoms with E-state index in [1.54, 1.807) is 24.4 Å². The van der Waals surface area contributed by atoms with E-state index in [0.29, 0.717) is 22.4 Å². The average Bonchev–Trinajstić information content (AvgIpc) is 2.86. The Balaban J connectivity index is 2.02. The van der Waals surface area contributed by atoms with E-state index in [1.165, 1.54) is 4.68 Å².